The second kappa shape index (κ2) is 5.63. The van der Waals surface area contributed by atoms with Crippen LogP contribution in [0.5, 0.6) is 11.5 Å². The Bertz CT molecular complexity index is 573. The molecule has 112 valence electrons. The Hall–Kier alpha value is -2.24. The summed E-state index contributed by atoms with van der Waals surface area (Å²) in [5, 5.41) is 2.74. The van der Waals surface area contributed by atoms with Gasteiger partial charge >= 0.3 is 0 Å². The summed E-state index contributed by atoms with van der Waals surface area (Å²) in [6.45, 7) is 3.04. The van der Waals surface area contributed by atoms with Crippen LogP contribution in [0.25, 0.3) is 0 Å². The van der Waals surface area contributed by atoms with Gasteiger partial charge < -0.3 is 19.7 Å². The molecule has 0 spiro atoms. The summed E-state index contributed by atoms with van der Waals surface area (Å²) in [6.07, 6.45) is 1.48. The van der Waals surface area contributed by atoms with E-state index < -0.39 is 6.04 Å². The lowest BCUT2D eigenvalue weighted by Gasteiger charge is -2.33. The van der Waals surface area contributed by atoms with Crippen LogP contribution in [0.3, 0.4) is 0 Å². The van der Waals surface area contributed by atoms with Gasteiger partial charge in [0.25, 0.3) is 0 Å². The molecule has 0 saturated carbocycles. The van der Waals surface area contributed by atoms with Gasteiger partial charge in [-0.15, -0.1) is 0 Å². The lowest BCUT2D eigenvalue weighted by Crippen LogP contribution is -2.58. The Morgan fingerprint density at radius 2 is 2.00 bits per heavy atom. The third-order valence-electron chi connectivity index (χ3n) is 3.62. The van der Waals surface area contributed by atoms with E-state index in [1.807, 2.05) is 6.92 Å². The largest absolute Gasteiger partial charge is 0.486 e. The van der Waals surface area contributed by atoms with Crippen LogP contribution >= 0.6 is 0 Å². The van der Waals surface area contributed by atoms with Gasteiger partial charge in [-0.3, -0.25) is 9.59 Å². The first-order valence-corrected chi connectivity index (χ1v) is 7.19. The summed E-state index contributed by atoms with van der Waals surface area (Å²) in [7, 11) is 0. The number of hydrogen-bond acceptors (Lipinski definition) is 4. The van der Waals surface area contributed by atoms with Crippen molar-refractivity contribution in [3.63, 3.8) is 0 Å². The number of carbonyl (C=O) groups excluding carboxylic acids is 2. The third-order valence-corrected chi connectivity index (χ3v) is 3.62. The SMILES string of the molecule is CCCC1NC(=O)CN(c2ccc3c(c2)OCCO3)C1=O. The van der Waals surface area contributed by atoms with Crippen molar-refractivity contribution >= 4 is 17.5 Å². The van der Waals surface area contributed by atoms with Gasteiger partial charge in [0.05, 0.1) is 0 Å². The molecule has 6 nitrogen and oxygen atoms in total. The third kappa shape index (κ3) is 2.66. The number of piperazine rings is 1. The number of nitrogens with one attached hydrogen (secondary N) is 1. The van der Waals surface area contributed by atoms with Gasteiger partial charge in [0.2, 0.25) is 11.8 Å². The zero-order chi connectivity index (χ0) is 14.8. The van der Waals surface area contributed by atoms with Crippen LogP contribution in [0.2, 0.25) is 0 Å². The molecule has 2 aliphatic heterocycles. The van der Waals surface area contributed by atoms with Crippen LogP contribution in [-0.4, -0.2) is 37.6 Å². The van der Waals surface area contributed by atoms with Gasteiger partial charge in [0.1, 0.15) is 25.8 Å². The molecule has 2 aliphatic rings. The van der Waals surface area contributed by atoms with Crippen molar-refractivity contribution in [2.24, 2.45) is 0 Å². The van der Waals surface area contributed by atoms with Crippen LogP contribution in [0.4, 0.5) is 5.69 Å². The smallest absolute Gasteiger partial charge is 0.250 e. The maximum absolute atomic E-state index is 12.5. The van der Waals surface area contributed by atoms with Gasteiger partial charge in [0.15, 0.2) is 11.5 Å². The van der Waals surface area contributed by atoms with E-state index in [9.17, 15) is 9.59 Å². The van der Waals surface area contributed by atoms with E-state index in [-0.39, 0.29) is 18.4 Å². The Labute approximate surface area is 123 Å². The van der Waals surface area contributed by atoms with Crippen LogP contribution in [0.15, 0.2) is 18.2 Å². The minimum Gasteiger partial charge on any atom is -0.486 e. The number of amides is 2. The quantitative estimate of drug-likeness (QED) is 0.905. The molecule has 1 unspecified atom stereocenters. The highest BCUT2D eigenvalue weighted by Crippen LogP contribution is 2.34. The summed E-state index contributed by atoms with van der Waals surface area (Å²) in [5.74, 6) is 1.07. The van der Waals surface area contributed by atoms with Crippen molar-refractivity contribution < 1.29 is 19.1 Å². The Morgan fingerprint density at radius 1 is 1.24 bits per heavy atom. The van der Waals surface area contributed by atoms with Crippen LogP contribution in [0, 0.1) is 0 Å². The Kier molecular flexibility index (Phi) is 3.68. The fraction of sp³-hybridized carbons (Fsp3) is 0.467. The normalized spacial score (nSPS) is 21.2. The molecule has 2 heterocycles. The van der Waals surface area contributed by atoms with E-state index in [2.05, 4.69) is 5.32 Å². The zero-order valence-electron chi connectivity index (χ0n) is 11.9. The number of nitrogens with zero attached hydrogens (tertiary/aromatic N) is 1. The highest BCUT2D eigenvalue weighted by molar-refractivity contribution is 6.06. The number of hydrogen-bond donors (Lipinski definition) is 1. The first-order valence-electron chi connectivity index (χ1n) is 7.19. The number of anilines is 1. The zero-order valence-corrected chi connectivity index (χ0v) is 11.9. The molecule has 0 bridgehead atoms. The van der Waals surface area contributed by atoms with Crippen LogP contribution < -0.4 is 19.7 Å². The van der Waals surface area contributed by atoms with Crippen molar-refractivity contribution in [2.45, 2.75) is 25.8 Å². The second-order valence-corrected chi connectivity index (χ2v) is 5.16. The summed E-state index contributed by atoms with van der Waals surface area (Å²) >= 11 is 0. The molecule has 21 heavy (non-hydrogen) atoms. The molecular formula is C15H18N2O4. The van der Waals surface area contributed by atoms with Gasteiger partial charge in [-0.05, 0) is 18.6 Å². The fourth-order valence-corrected chi connectivity index (χ4v) is 2.61. The molecule has 1 fully saturated rings. The Balaban J connectivity index is 1.87. The van der Waals surface area contributed by atoms with Gasteiger partial charge in [-0.1, -0.05) is 13.3 Å². The molecule has 1 saturated heterocycles. The van der Waals surface area contributed by atoms with Crippen molar-refractivity contribution in [3.8, 4) is 11.5 Å². The molecule has 6 heteroatoms. The van der Waals surface area contributed by atoms with Crippen molar-refractivity contribution in [3.05, 3.63) is 18.2 Å². The molecular weight excluding hydrogens is 272 g/mol. The predicted molar refractivity (Wildman–Crippen MR) is 76.6 cm³/mol. The lowest BCUT2D eigenvalue weighted by molar-refractivity contribution is -0.131. The number of carbonyl (C=O) groups is 2. The standard InChI is InChI=1S/C15H18N2O4/c1-2-3-11-15(19)17(9-14(18)16-11)10-4-5-12-13(8-10)21-7-6-20-12/h4-5,8,11H,2-3,6-7,9H2,1H3,(H,16,18). The summed E-state index contributed by atoms with van der Waals surface area (Å²) < 4.78 is 11.0. The number of ether oxygens (including phenoxy) is 2. The first-order chi connectivity index (χ1) is 10.2. The average molecular weight is 290 g/mol. The van der Waals surface area contributed by atoms with Crippen molar-refractivity contribution in [1.82, 2.24) is 5.32 Å². The molecule has 3 rings (SSSR count). The van der Waals surface area contributed by atoms with E-state index >= 15 is 0 Å². The molecule has 0 aromatic heterocycles. The van der Waals surface area contributed by atoms with Gasteiger partial charge in [-0.2, -0.15) is 0 Å². The van der Waals surface area contributed by atoms with E-state index in [0.29, 0.717) is 36.8 Å². The monoisotopic (exact) mass is 290 g/mol. The number of benzene rings is 1. The minimum absolute atomic E-state index is 0.0404. The van der Waals surface area contributed by atoms with E-state index in [0.717, 1.165) is 6.42 Å². The fourth-order valence-electron chi connectivity index (χ4n) is 2.61. The first kappa shape index (κ1) is 13.7. The lowest BCUT2D eigenvalue weighted by atomic mass is 10.1. The summed E-state index contributed by atoms with van der Waals surface area (Å²) in [4.78, 5) is 25.8. The predicted octanol–water partition coefficient (Wildman–Crippen LogP) is 1.09. The summed E-state index contributed by atoms with van der Waals surface area (Å²) in [5.41, 5.74) is 0.667. The van der Waals surface area contributed by atoms with Crippen molar-refractivity contribution in [2.75, 3.05) is 24.7 Å². The average Bonchev–Trinajstić information content (AvgIpc) is 2.50. The van der Waals surface area contributed by atoms with Gasteiger partial charge in [-0.25, -0.2) is 0 Å². The van der Waals surface area contributed by atoms with Gasteiger partial charge in [0, 0.05) is 11.8 Å². The topological polar surface area (TPSA) is 67.9 Å². The highest BCUT2D eigenvalue weighted by atomic mass is 16.6. The van der Waals surface area contributed by atoms with E-state index in [1.54, 1.807) is 18.2 Å². The molecule has 0 aliphatic carbocycles. The van der Waals surface area contributed by atoms with E-state index in [4.69, 9.17) is 9.47 Å². The summed E-state index contributed by atoms with van der Waals surface area (Å²) in [6, 6.07) is 4.88. The Morgan fingerprint density at radius 3 is 2.76 bits per heavy atom. The van der Waals surface area contributed by atoms with Crippen molar-refractivity contribution in [1.29, 1.82) is 0 Å². The molecule has 1 N–H and O–H groups in total. The molecule has 2 amide bonds. The molecule has 1 aromatic rings. The molecule has 1 atom stereocenters. The highest BCUT2D eigenvalue weighted by Gasteiger charge is 2.33. The number of rotatable bonds is 3. The maximum atomic E-state index is 12.5. The number of fused-ring (bicyclic) bond motifs is 1. The van der Waals surface area contributed by atoms with Crippen LogP contribution in [-0.2, 0) is 9.59 Å². The molecule has 0 radical (unpaired) electrons. The maximum Gasteiger partial charge on any atom is 0.250 e. The molecule has 1 aromatic carbocycles. The second-order valence-electron chi connectivity index (χ2n) is 5.16. The van der Waals surface area contributed by atoms with E-state index in [1.165, 1.54) is 4.90 Å². The van der Waals surface area contributed by atoms with Crippen LogP contribution in [0.1, 0.15) is 19.8 Å². The minimum atomic E-state index is -0.440.